The molecule has 1 heterocycles. The van der Waals surface area contributed by atoms with Gasteiger partial charge in [0.15, 0.2) is 0 Å². The molecule has 1 aromatic heterocycles. The molecular formula is C8H10BrNO. The van der Waals surface area contributed by atoms with Gasteiger partial charge in [-0.3, -0.25) is 4.98 Å². The van der Waals surface area contributed by atoms with Crippen LogP contribution in [0.2, 0.25) is 0 Å². The minimum Gasteiger partial charge on any atom is -0.496 e. The molecule has 1 rings (SSSR count). The van der Waals surface area contributed by atoms with E-state index in [1.807, 2.05) is 19.2 Å². The maximum absolute atomic E-state index is 5.13. The monoisotopic (exact) mass is 215 g/mol. The van der Waals surface area contributed by atoms with Gasteiger partial charge in [0.2, 0.25) is 0 Å². The van der Waals surface area contributed by atoms with E-state index in [9.17, 15) is 0 Å². The van der Waals surface area contributed by atoms with Gasteiger partial charge in [0.25, 0.3) is 0 Å². The van der Waals surface area contributed by atoms with Gasteiger partial charge in [0.1, 0.15) is 5.75 Å². The average Bonchev–Trinajstić information content (AvgIpc) is 2.05. The van der Waals surface area contributed by atoms with E-state index in [1.54, 1.807) is 7.11 Å². The Morgan fingerprint density at radius 2 is 2.36 bits per heavy atom. The van der Waals surface area contributed by atoms with E-state index in [-0.39, 0.29) is 0 Å². The van der Waals surface area contributed by atoms with E-state index in [0.717, 1.165) is 22.3 Å². The number of aryl methyl sites for hydroxylation is 1. The minimum atomic E-state index is 0.768. The molecule has 60 valence electrons. The Labute approximate surface area is 74.7 Å². The molecule has 3 heteroatoms. The third kappa shape index (κ3) is 1.93. The Kier molecular flexibility index (Phi) is 2.88. The van der Waals surface area contributed by atoms with E-state index in [0.29, 0.717) is 0 Å². The van der Waals surface area contributed by atoms with Crippen LogP contribution in [0, 0.1) is 6.92 Å². The van der Waals surface area contributed by atoms with Gasteiger partial charge < -0.3 is 4.74 Å². The first-order valence-electron chi connectivity index (χ1n) is 3.33. The zero-order valence-electron chi connectivity index (χ0n) is 6.60. The number of pyridine rings is 1. The Balaban J connectivity index is 3.02. The van der Waals surface area contributed by atoms with Crippen molar-refractivity contribution in [3.8, 4) is 5.75 Å². The topological polar surface area (TPSA) is 22.1 Å². The highest BCUT2D eigenvalue weighted by molar-refractivity contribution is 9.08. The molecule has 0 aliphatic rings. The van der Waals surface area contributed by atoms with Crippen LogP contribution in [0.1, 0.15) is 11.3 Å². The highest BCUT2D eigenvalue weighted by Crippen LogP contribution is 2.17. The number of hydrogen-bond acceptors (Lipinski definition) is 2. The Morgan fingerprint density at radius 3 is 2.91 bits per heavy atom. The van der Waals surface area contributed by atoms with Gasteiger partial charge in [0.05, 0.1) is 12.8 Å². The summed E-state index contributed by atoms with van der Waals surface area (Å²) < 4.78 is 5.13. The summed E-state index contributed by atoms with van der Waals surface area (Å²) in [6.45, 7) is 1.98. The van der Waals surface area contributed by atoms with Gasteiger partial charge in [-0.25, -0.2) is 0 Å². The molecule has 0 radical (unpaired) electrons. The van der Waals surface area contributed by atoms with Gasteiger partial charge in [-0.15, -0.1) is 0 Å². The van der Waals surface area contributed by atoms with Crippen molar-refractivity contribution in [3.63, 3.8) is 0 Å². The summed E-state index contributed by atoms with van der Waals surface area (Å²) in [5.74, 6) is 0.898. The standard InChI is InChI=1S/C8H10BrNO/c1-6-5-10-7(4-9)3-8(6)11-2/h3,5H,4H2,1-2H3. The lowest BCUT2D eigenvalue weighted by Crippen LogP contribution is -1.91. The molecular weight excluding hydrogens is 206 g/mol. The van der Waals surface area contributed by atoms with Crippen molar-refractivity contribution in [2.45, 2.75) is 12.3 Å². The molecule has 0 saturated heterocycles. The number of rotatable bonds is 2. The summed E-state index contributed by atoms with van der Waals surface area (Å²) in [6, 6.07) is 1.93. The predicted molar refractivity (Wildman–Crippen MR) is 48.2 cm³/mol. The normalized spacial score (nSPS) is 9.73. The number of ether oxygens (including phenoxy) is 1. The fourth-order valence-corrected chi connectivity index (χ4v) is 1.15. The molecule has 0 amide bonds. The summed E-state index contributed by atoms with van der Waals surface area (Å²) in [4.78, 5) is 4.18. The highest BCUT2D eigenvalue weighted by Gasteiger charge is 1.99. The second-order valence-corrected chi connectivity index (χ2v) is 2.84. The first kappa shape index (κ1) is 8.53. The van der Waals surface area contributed by atoms with E-state index >= 15 is 0 Å². The summed E-state index contributed by atoms with van der Waals surface area (Å²) in [5.41, 5.74) is 2.06. The van der Waals surface area contributed by atoms with Gasteiger partial charge >= 0.3 is 0 Å². The number of hydrogen-bond donors (Lipinski definition) is 0. The Hall–Kier alpha value is -0.570. The predicted octanol–water partition coefficient (Wildman–Crippen LogP) is 2.29. The van der Waals surface area contributed by atoms with Crippen molar-refractivity contribution in [2.24, 2.45) is 0 Å². The lowest BCUT2D eigenvalue weighted by Gasteiger charge is -2.04. The van der Waals surface area contributed by atoms with E-state index < -0.39 is 0 Å². The first-order valence-corrected chi connectivity index (χ1v) is 4.45. The highest BCUT2D eigenvalue weighted by atomic mass is 79.9. The van der Waals surface area contributed by atoms with E-state index in [1.165, 1.54) is 0 Å². The summed E-state index contributed by atoms with van der Waals surface area (Å²) >= 11 is 3.33. The zero-order chi connectivity index (χ0) is 8.27. The third-order valence-corrected chi connectivity index (χ3v) is 2.04. The molecule has 0 aliphatic carbocycles. The fourth-order valence-electron chi connectivity index (χ4n) is 0.839. The van der Waals surface area contributed by atoms with Crippen LogP contribution in [0.15, 0.2) is 12.3 Å². The SMILES string of the molecule is COc1cc(CBr)ncc1C. The number of alkyl halides is 1. The molecule has 1 aromatic rings. The molecule has 0 spiro atoms. The molecule has 11 heavy (non-hydrogen) atoms. The van der Waals surface area contributed by atoms with Crippen molar-refractivity contribution in [1.29, 1.82) is 0 Å². The maximum atomic E-state index is 5.13. The molecule has 2 nitrogen and oxygen atoms in total. The average molecular weight is 216 g/mol. The van der Waals surface area contributed by atoms with Crippen LogP contribution in [-0.4, -0.2) is 12.1 Å². The summed E-state index contributed by atoms with van der Waals surface area (Å²) in [5, 5.41) is 0.768. The quantitative estimate of drug-likeness (QED) is 0.707. The minimum absolute atomic E-state index is 0.768. The maximum Gasteiger partial charge on any atom is 0.125 e. The molecule has 0 fully saturated rings. The van der Waals surface area contributed by atoms with E-state index in [4.69, 9.17) is 4.74 Å². The Morgan fingerprint density at radius 1 is 1.64 bits per heavy atom. The Bertz CT molecular complexity index is 250. The first-order chi connectivity index (χ1) is 5.27. The van der Waals surface area contributed by atoms with Crippen LogP contribution in [0.25, 0.3) is 0 Å². The van der Waals surface area contributed by atoms with Crippen molar-refractivity contribution in [2.75, 3.05) is 7.11 Å². The van der Waals surface area contributed by atoms with E-state index in [2.05, 4.69) is 20.9 Å². The van der Waals surface area contributed by atoms with Crippen molar-refractivity contribution in [1.82, 2.24) is 4.98 Å². The van der Waals surface area contributed by atoms with Crippen LogP contribution in [0.5, 0.6) is 5.75 Å². The molecule has 0 N–H and O–H groups in total. The van der Waals surface area contributed by atoms with Crippen LogP contribution >= 0.6 is 15.9 Å². The van der Waals surface area contributed by atoms with Gasteiger partial charge in [-0.05, 0) is 6.92 Å². The van der Waals surface area contributed by atoms with Crippen LogP contribution < -0.4 is 4.74 Å². The number of nitrogens with zero attached hydrogens (tertiary/aromatic N) is 1. The van der Waals surface area contributed by atoms with Crippen LogP contribution in [0.3, 0.4) is 0 Å². The van der Waals surface area contributed by atoms with Gasteiger partial charge in [0, 0.05) is 23.2 Å². The molecule has 0 aliphatic heterocycles. The van der Waals surface area contributed by atoms with Gasteiger partial charge in [-0.2, -0.15) is 0 Å². The fraction of sp³-hybridized carbons (Fsp3) is 0.375. The largest absolute Gasteiger partial charge is 0.496 e. The second kappa shape index (κ2) is 3.72. The number of methoxy groups -OCH3 is 1. The summed E-state index contributed by atoms with van der Waals surface area (Å²) in [7, 11) is 1.67. The molecule has 0 saturated carbocycles. The van der Waals surface area contributed by atoms with Crippen molar-refractivity contribution < 1.29 is 4.74 Å². The summed E-state index contributed by atoms with van der Waals surface area (Å²) in [6.07, 6.45) is 1.81. The molecule has 0 atom stereocenters. The van der Waals surface area contributed by atoms with Crippen LogP contribution in [-0.2, 0) is 5.33 Å². The third-order valence-electron chi connectivity index (χ3n) is 1.47. The molecule has 0 aromatic carbocycles. The molecule has 0 bridgehead atoms. The molecule has 0 unspecified atom stereocenters. The van der Waals surface area contributed by atoms with Crippen molar-refractivity contribution >= 4 is 15.9 Å². The smallest absolute Gasteiger partial charge is 0.125 e. The lowest BCUT2D eigenvalue weighted by molar-refractivity contribution is 0.410. The van der Waals surface area contributed by atoms with Crippen molar-refractivity contribution in [3.05, 3.63) is 23.5 Å². The van der Waals surface area contributed by atoms with Gasteiger partial charge in [-0.1, -0.05) is 15.9 Å². The number of aromatic nitrogens is 1. The number of halogens is 1. The lowest BCUT2D eigenvalue weighted by atomic mass is 10.2. The van der Waals surface area contributed by atoms with Crippen LogP contribution in [0.4, 0.5) is 0 Å². The second-order valence-electron chi connectivity index (χ2n) is 2.28. The zero-order valence-corrected chi connectivity index (χ0v) is 8.18.